The summed E-state index contributed by atoms with van der Waals surface area (Å²) in [7, 11) is 0. The lowest BCUT2D eigenvalue weighted by molar-refractivity contribution is 0.102. The van der Waals surface area contributed by atoms with Crippen LogP contribution in [-0.2, 0) is 4.74 Å². The molecule has 3 fully saturated rings. The van der Waals surface area contributed by atoms with Crippen molar-refractivity contribution in [2.45, 2.75) is 25.4 Å². The van der Waals surface area contributed by atoms with Crippen LogP contribution in [0, 0.1) is 17.8 Å². The average molecular weight is 124 g/mol. The second-order valence-corrected chi connectivity index (χ2v) is 3.87. The minimum atomic E-state index is 0.703. The summed E-state index contributed by atoms with van der Waals surface area (Å²) < 4.78 is 5.63. The van der Waals surface area contributed by atoms with Crippen molar-refractivity contribution in [2.24, 2.45) is 17.8 Å². The molecule has 0 spiro atoms. The first-order valence-corrected chi connectivity index (χ1v) is 4.05. The van der Waals surface area contributed by atoms with Crippen LogP contribution < -0.4 is 0 Å². The predicted octanol–water partition coefficient (Wildman–Crippen LogP) is 1.43. The molecule has 0 N–H and O–H groups in total. The maximum Gasteiger partial charge on any atom is 0.0609 e. The van der Waals surface area contributed by atoms with E-state index in [1.807, 2.05) is 0 Å². The lowest BCUT2D eigenvalue weighted by Gasteiger charge is -2.14. The van der Waals surface area contributed by atoms with Gasteiger partial charge >= 0.3 is 0 Å². The molecule has 0 aromatic rings. The zero-order valence-corrected chi connectivity index (χ0v) is 5.55. The summed E-state index contributed by atoms with van der Waals surface area (Å²) in [5, 5.41) is 0. The van der Waals surface area contributed by atoms with E-state index < -0.39 is 0 Å². The van der Waals surface area contributed by atoms with Gasteiger partial charge in [0.1, 0.15) is 0 Å². The van der Waals surface area contributed by atoms with E-state index in [9.17, 15) is 0 Å². The van der Waals surface area contributed by atoms with Crippen LogP contribution in [0.2, 0.25) is 0 Å². The van der Waals surface area contributed by atoms with E-state index in [0.29, 0.717) is 6.10 Å². The Bertz CT molecular complexity index is 127. The summed E-state index contributed by atoms with van der Waals surface area (Å²) >= 11 is 0. The third kappa shape index (κ3) is 0.454. The first-order valence-electron chi connectivity index (χ1n) is 4.05. The molecule has 3 aliphatic rings. The van der Waals surface area contributed by atoms with Gasteiger partial charge in [0.2, 0.25) is 0 Å². The number of hydrogen-bond acceptors (Lipinski definition) is 1. The molecule has 2 unspecified atom stereocenters. The Morgan fingerprint density at radius 1 is 1.11 bits per heavy atom. The SMILES string of the molecule is C1C2OC[C@@H]3C[C@@H]1CC23. The molecule has 4 atom stereocenters. The Hall–Kier alpha value is -0.0400. The van der Waals surface area contributed by atoms with E-state index in [4.69, 9.17) is 4.74 Å². The standard InChI is InChI=1S/C8H12O/c1-5-2-7-6(1)4-9-8(7)3-5/h5-8H,1-4H2/t5-,6+,7?,8?/m1/s1. The molecule has 2 bridgehead atoms. The maximum atomic E-state index is 5.63. The highest BCUT2D eigenvalue weighted by atomic mass is 16.5. The third-order valence-electron chi connectivity index (χ3n) is 3.41. The number of hydrogen-bond donors (Lipinski definition) is 0. The molecule has 2 saturated carbocycles. The van der Waals surface area contributed by atoms with Crippen LogP contribution in [0.5, 0.6) is 0 Å². The van der Waals surface area contributed by atoms with Gasteiger partial charge in [0.15, 0.2) is 0 Å². The molecule has 0 amide bonds. The van der Waals surface area contributed by atoms with Crippen molar-refractivity contribution < 1.29 is 4.74 Å². The smallest absolute Gasteiger partial charge is 0.0609 e. The second kappa shape index (κ2) is 1.34. The second-order valence-electron chi connectivity index (χ2n) is 3.87. The molecule has 9 heavy (non-hydrogen) atoms. The first kappa shape index (κ1) is 4.73. The minimum absolute atomic E-state index is 0.703. The summed E-state index contributed by atoms with van der Waals surface area (Å²) in [6.07, 6.45) is 5.08. The fraction of sp³-hybridized carbons (Fsp3) is 1.00. The number of rotatable bonds is 0. The zero-order chi connectivity index (χ0) is 5.84. The van der Waals surface area contributed by atoms with Crippen LogP contribution in [0.3, 0.4) is 0 Å². The van der Waals surface area contributed by atoms with Gasteiger partial charge in [-0.25, -0.2) is 0 Å². The zero-order valence-electron chi connectivity index (χ0n) is 5.55. The van der Waals surface area contributed by atoms with Crippen LogP contribution in [0.15, 0.2) is 0 Å². The van der Waals surface area contributed by atoms with E-state index >= 15 is 0 Å². The van der Waals surface area contributed by atoms with Gasteiger partial charge in [-0.15, -0.1) is 0 Å². The van der Waals surface area contributed by atoms with Crippen LogP contribution in [0.4, 0.5) is 0 Å². The fourth-order valence-corrected chi connectivity index (χ4v) is 3.06. The molecule has 0 aromatic heterocycles. The van der Waals surface area contributed by atoms with Crippen LogP contribution in [0.25, 0.3) is 0 Å². The molecule has 2 aliphatic carbocycles. The Kier molecular flexibility index (Phi) is 0.704. The summed E-state index contributed by atoms with van der Waals surface area (Å²) in [6, 6.07) is 0. The molecule has 3 rings (SSSR count). The fourth-order valence-electron chi connectivity index (χ4n) is 3.06. The minimum Gasteiger partial charge on any atom is -0.378 e. The van der Waals surface area contributed by atoms with Gasteiger partial charge in [0.25, 0.3) is 0 Å². The first-order chi connectivity index (χ1) is 4.43. The summed E-state index contributed by atoms with van der Waals surface area (Å²) in [4.78, 5) is 0. The van der Waals surface area contributed by atoms with Gasteiger partial charge in [0.05, 0.1) is 12.7 Å². The van der Waals surface area contributed by atoms with Crippen molar-refractivity contribution in [3.05, 3.63) is 0 Å². The van der Waals surface area contributed by atoms with E-state index in [1.54, 1.807) is 0 Å². The topological polar surface area (TPSA) is 9.23 Å². The number of fused-ring (bicyclic) bond motifs is 1. The van der Waals surface area contributed by atoms with Crippen LogP contribution in [-0.4, -0.2) is 12.7 Å². The van der Waals surface area contributed by atoms with Crippen molar-refractivity contribution in [1.82, 2.24) is 0 Å². The van der Waals surface area contributed by atoms with E-state index in [1.165, 1.54) is 19.3 Å². The summed E-state index contributed by atoms with van der Waals surface area (Å²) in [5.41, 5.74) is 0. The van der Waals surface area contributed by atoms with Crippen molar-refractivity contribution >= 4 is 0 Å². The lowest BCUT2D eigenvalue weighted by Crippen LogP contribution is -2.14. The van der Waals surface area contributed by atoms with Crippen LogP contribution in [0.1, 0.15) is 19.3 Å². The highest BCUT2D eigenvalue weighted by Crippen LogP contribution is 2.53. The van der Waals surface area contributed by atoms with Crippen molar-refractivity contribution in [3.8, 4) is 0 Å². The van der Waals surface area contributed by atoms with Crippen molar-refractivity contribution in [2.75, 3.05) is 6.61 Å². The summed E-state index contributed by atoms with van der Waals surface area (Å²) in [6.45, 7) is 1.09. The largest absolute Gasteiger partial charge is 0.378 e. The predicted molar refractivity (Wildman–Crippen MR) is 34.1 cm³/mol. The quantitative estimate of drug-likeness (QED) is 0.474. The highest BCUT2D eigenvalue weighted by molar-refractivity contribution is 4.99. The lowest BCUT2D eigenvalue weighted by atomic mass is 9.90. The van der Waals surface area contributed by atoms with Gasteiger partial charge in [-0.05, 0) is 37.0 Å². The molecule has 50 valence electrons. The monoisotopic (exact) mass is 124 g/mol. The normalized spacial score (nSPS) is 61.3. The number of ether oxygens (including phenoxy) is 1. The average Bonchev–Trinajstić information content (AvgIpc) is 2.35. The Labute approximate surface area is 55.4 Å². The van der Waals surface area contributed by atoms with Gasteiger partial charge in [-0.1, -0.05) is 0 Å². The molecule has 1 nitrogen and oxygen atoms in total. The third-order valence-corrected chi connectivity index (χ3v) is 3.41. The Balaban J connectivity index is 2.02. The molecule has 1 aliphatic heterocycles. The molecule has 0 aromatic carbocycles. The molecule has 1 saturated heterocycles. The van der Waals surface area contributed by atoms with E-state index in [2.05, 4.69) is 0 Å². The van der Waals surface area contributed by atoms with Crippen molar-refractivity contribution in [1.29, 1.82) is 0 Å². The Morgan fingerprint density at radius 2 is 2.11 bits per heavy atom. The molecule has 1 heteroatoms. The molecular formula is C8H12O. The van der Waals surface area contributed by atoms with Gasteiger partial charge < -0.3 is 4.74 Å². The van der Waals surface area contributed by atoms with Crippen molar-refractivity contribution in [3.63, 3.8) is 0 Å². The molecule has 1 heterocycles. The van der Waals surface area contributed by atoms with E-state index in [0.717, 1.165) is 24.4 Å². The highest BCUT2D eigenvalue weighted by Gasteiger charge is 2.50. The molecule has 0 radical (unpaired) electrons. The van der Waals surface area contributed by atoms with Gasteiger partial charge in [-0.2, -0.15) is 0 Å². The maximum absolute atomic E-state index is 5.63. The summed E-state index contributed by atoms with van der Waals surface area (Å²) in [5.74, 6) is 3.04. The Morgan fingerprint density at radius 3 is 2.78 bits per heavy atom. The molecular weight excluding hydrogens is 112 g/mol. The van der Waals surface area contributed by atoms with Crippen LogP contribution >= 0.6 is 0 Å². The van der Waals surface area contributed by atoms with Gasteiger partial charge in [0, 0.05) is 0 Å². The van der Waals surface area contributed by atoms with Gasteiger partial charge in [-0.3, -0.25) is 0 Å². The van der Waals surface area contributed by atoms with E-state index in [-0.39, 0.29) is 0 Å².